The van der Waals surface area contributed by atoms with Crippen LogP contribution in [0.5, 0.6) is 0 Å². The molecule has 0 amide bonds. The quantitative estimate of drug-likeness (QED) is 0.557. The lowest BCUT2D eigenvalue weighted by Gasteiger charge is -2.11. The summed E-state index contributed by atoms with van der Waals surface area (Å²) >= 11 is 0. The Hall–Kier alpha value is -0.0400. The molecule has 2 radical (unpaired) electrons. The first-order valence-corrected chi connectivity index (χ1v) is 4.68. The van der Waals surface area contributed by atoms with Crippen LogP contribution >= 0.6 is 0 Å². The minimum atomic E-state index is 0.640. The Labute approximate surface area is 71.6 Å². The molecule has 0 aromatic rings. The number of hydrogen-bond donors (Lipinski definition) is 1. The Morgan fingerprint density at radius 2 is 2.27 bits per heavy atom. The van der Waals surface area contributed by atoms with Crippen molar-refractivity contribution in [2.45, 2.75) is 52.0 Å². The first-order valence-electron chi connectivity index (χ1n) is 4.68. The molecule has 0 aliphatic heterocycles. The Kier molecular flexibility index (Phi) is 8.03. The molecule has 0 heterocycles. The van der Waals surface area contributed by atoms with E-state index in [-0.39, 0.29) is 0 Å². The standard InChI is InChI=1S/C10H21N/c1-4-6-8-10(3)11-9-7-5-2/h9-11H,2,4-8H2,1,3H3. The van der Waals surface area contributed by atoms with E-state index in [1.165, 1.54) is 19.3 Å². The number of hydrogen-bond acceptors (Lipinski definition) is 1. The predicted molar refractivity (Wildman–Crippen MR) is 51.0 cm³/mol. The van der Waals surface area contributed by atoms with Gasteiger partial charge in [-0.25, -0.2) is 0 Å². The molecule has 0 saturated carbocycles. The second kappa shape index (κ2) is 8.06. The molecule has 1 heteroatoms. The van der Waals surface area contributed by atoms with Crippen molar-refractivity contribution in [3.05, 3.63) is 13.5 Å². The average molecular weight is 155 g/mol. The van der Waals surface area contributed by atoms with Crippen molar-refractivity contribution in [3.8, 4) is 0 Å². The summed E-state index contributed by atoms with van der Waals surface area (Å²) in [5, 5.41) is 3.35. The molecule has 0 fully saturated rings. The van der Waals surface area contributed by atoms with Gasteiger partial charge >= 0.3 is 0 Å². The molecule has 0 aliphatic carbocycles. The van der Waals surface area contributed by atoms with E-state index in [4.69, 9.17) is 0 Å². The summed E-state index contributed by atoms with van der Waals surface area (Å²) in [5.74, 6) is 0. The highest BCUT2D eigenvalue weighted by Gasteiger charge is 1.98. The highest BCUT2D eigenvalue weighted by molar-refractivity contribution is 4.68. The fourth-order valence-corrected chi connectivity index (χ4v) is 0.980. The third-order valence-corrected chi connectivity index (χ3v) is 1.74. The lowest BCUT2D eigenvalue weighted by Crippen LogP contribution is -2.22. The van der Waals surface area contributed by atoms with Crippen LogP contribution in [0.3, 0.4) is 0 Å². The highest BCUT2D eigenvalue weighted by Crippen LogP contribution is 2.00. The van der Waals surface area contributed by atoms with E-state index >= 15 is 0 Å². The molecule has 1 unspecified atom stereocenters. The van der Waals surface area contributed by atoms with Crippen molar-refractivity contribution in [2.24, 2.45) is 0 Å². The van der Waals surface area contributed by atoms with Crippen molar-refractivity contribution < 1.29 is 0 Å². The molecule has 1 N–H and O–H groups in total. The summed E-state index contributed by atoms with van der Waals surface area (Å²) in [6.07, 6.45) is 5.97. The second-order valence-electron chi connectivity index (χ2n) is 3.06. The summed E-state index contributed by atoms with van der Waals surface area (Å²) in [6, 6.07) is 0.640. The van der Waals surface area contributed by atoms with Crippen molar-refractivity contribution in [1.82, 2.24) is 5.32 Å². The van der Waals surface area contributed by atoms with Gasteiger partial charge in [0.2, 0.25) is 0 Å². The van der Waals surface area contributed by atoms with E-state index in [9.17, 15) is 0 Å². The zero-order valence-corrected chi connectivity index (χ0v) is 7.90. The van der Waals surface area contributed by atoms with Gasteiger partial charge in [0, 0.05) is 12.6 Å². The molecular formula is C10H21N. The van der Waals surface area contributed by atoms with Crippen LogP contribution in [0.4, 0.5) is 0 Å². The maximum Gasteiger partial charge on any atom is 0.0223 e. The number of nitrogens with one attached hydrogen (secondary N) is 1. The fraction of sp³-hybridized carbons (Fsp3) is 0.800. The first kappa shape index (κ1) is 11.0. The van der Waals surface area contributed by atoms with Crippen molar-refractivity contribution in [1.29, 1.82) is 0 Å². The van der Waals surface area contributed by atoms with E-state index in [1.807, 2.05) is 0 Å². The van der Waals surface area contributed by atoms with Gasteiger partial charge in [-0.05, 0) is 19.8 Å². The zero-order valence-electron chi connectivity index (χ0n) is 7.90. The number of unbranched alkanes of at least 4 members (excludes halogenated alkanes) is 2. The molecule has 1 atom stereocenters. The van der Waals surface area contributed by atoms with Gasteiger partial charge in [-0.15, -0.1) is 0 Å². The van der Waals surface area contributed by atoms with Gasteiger partial charge in [0.1, 0.15) is 0 Å². The molecule has 11 heavy (non-hydrogen) atoms. The van der Waals surface area contributed by atoms with Crippen LogP contribution in [-0.4, -0.2) is 6.04 Å². The molecular weight excluding hydrogens is 134 g/mol. The molecule has 0 spiro atoms. The third kappa shape index (κ3) is 7.86. The molecule has 0 bridgehead atoms. The Morgan fingerprint density at radius 1 is 1.55 bits per heavy atom. The molecule has 0 saturated heterocycles. The van der Waals surface area contributed by atoms with Gasteiger partial charge in [0.25, 0.3) is 0 Å². The molecule has 0 aromatic carbocycles. The van der Waals surface area contributed by atoms with Gasteiger partial charge in [0.15, 0.2) is 0 Å². The normalized spacial score (nSPS) is 13.4. The summed E-state index contributed by atoms with van der Waals surface area (Å²) in [4.78, 5) is 0. The van der Waals surface area contributed by atoms with Crippen LogP contribution in [0.25, 0.3) is 0 Å². The summed E-state index contributed by atoms with van der Waals surface area (Å²) in [6.45, 7) is 10.4. The second-order valence-corrected chi connectivity index (χ2v) is 3.06. The summed E-state index contributed by atoms with van der Waals surface area (Å²) in [5.41, 5.74) is 0. The lowest BCUT2D eigenvalue weighted by atomic mass is 10.1. The molecule has 0 aromatic heterocycles. The zero-order chi connectivity index (χ0) is 8.53. The lowest BCUT2D eigenvalue weighted by molar-refractivity contribution is 0.526. The Bertz CT molecular complexity index is 71.3. The van der Waals surface area contributed by atoms with E-state index in [1.54, 1.807) is 0 Å². The Morgan fingerprint density at radius 3 is 2.82 bits per heavy atom. The van der Waals surface area contributed by atoms with Crippen LogP contribution in [0, 0.1) is 13.5 Å². The molecule has 0 aliphatic rings. The van der Waals surface area contributed by atoms with Crippen LogP contribution in [-0.2, 0) is 0 Å². The Balaban J connectivity index is 3.02. The van der Waals surface area contributed by atoms with Crippen LogP contribution in [0.15, 0.2) is 0 Å². The van der Waals surface area contributed by atoms with Gasteiger partial charge in [-0.1, -0.05) is 33.1 Å². The minimum absolute atomic E-state index is 0.640. The predicted octanol–water partition coefficient (Wildman–Crippen LogP) is 2.93. The SMILES string of the molecule is [CH2]CC[CH]NC(C)CCCC. The monoisotopic (exact) mass is 155 g/mol. The fourth-order valence-electron chi connectivity index (χ4n) is 0.980. The summed E-state index contributed by atoms with van der Waals surface area (Å²) in [7, 11) is 0. The molecule has 1 nitrogen and oxygen atoms in total. The maximum atomic E-state index is 3.77. The van der Waals surface area contributed by atoms with Gasteiger partial charge < -0.3 is 5.32 Å². The minimum Gasteiger partial charge on any atom is -0.310 e. The number of rotatable bonds is 7. The topological polar surface area (TPSA) is 12.0 Å². The summed E-state index contributed by atoms with van der Waals surface area (Å²) < 4.78 is 0. The molecule has 66 valence electrons. The van der Waals surface area contributed by atoms with E-state index < -0.39 is 0 Å². The van der Waals surface area contributed by atoms with Crippen molar-refractivity contribution >= 4 is 0 Å². The average Bonchev–Trinajstić information content (AvgIpc) is 2.01. The largest absolute Gasteiger partial charge is 0.310 e. The van der Waals surface area contributed by atoms with Crippen molar-refractivity contribution in [3.63, 3.8) is 0 Å². The maximum absolute atomic E-state index is 3.77. The van der Waals surface area contributed by atoms with Crippen molar-refractivity contribution in [2.75, 3.05) is 0 Å². The highest BCUT2D eigenvalue weighted by atomic mass is 14.9. The van der Waals surface area contributed by atoms with E-state index in [2.05, 4.69) is 32.6 Å². The van der Waals surface area contributed by atoms with Crippen LogP contribution in [0.1, 0.15) is 46.0 Å². The third-order valence-electron chi connectivity index (χ3n) is 1.74. The van der Waals surface area contributed by atoms with E-state index in [0.29, 0.717) is 6.04 Å². The van der Waals surface area contributed by atoms with Gasteiger partial charge in [-0.2, -0.15) is 0 Å². The van der Waals surface area contributed by atoms with Crippen LogP contribution in [0.2, 0.25) is 0 Å². The van der Waals surface area contributed by atoms with E-state index in [0.717, 1.165) is 12.8 Å². The first-order chi connectivity index (χ1) is 5.31. The smallest absolute Gasteiger partial charge is 0.0223 e. The van der Waals surface area contributed by atoms with Gasteiger partial charge in [-0.3, -0.25) is 0 Å². The van der Waals surface area contributed by atoms with Gasteiger partial charge in [0.05, 0.1) is 0 Å². The van der Waals surface area contributed by atoms with Crippen LogP contribution < -0.4 is 5.32 Å². The molecule has 0 rings (SSSR count).